The second kappa shape index (κ2) is 7.70. The molecule has 1 spiro atoms. The summed E-state index contributed by atoms with van der Waals surface area (Å²) in [6, 6.07) is 4.28. The Morgan fingerprint density at radius 2 is 2.00 bits per heavy atom. The lowest BCUT2D eigenvalue weighted by atomic mass is 9.71. The van der Waals surface area contributed by atoms with Crippen molar-refractivity contribution in [2.75, 3.05) is 39.4 Å². The van der Waals surface area contributed by atoms with E-state index in [2.05, 4.69) is 9.88 Å². The number of fused-ring (bicyclic) bond motifs is 1. The highest BCUT2D eigenvalue weighted by atomic mass is 16.5. The fourth-order valence-corrected chi connectivity index (χ4v) is 5.50. The third-order valence-corrected chi connectivity index (χ3v) is 7.11. The highest BCUT2D eigenvalue weighted by Gasteiger charge is 2.43. The standard InChI is InChI=1S/C22H30N4O3/c27-19-13-22(16-26(15-19)18-3-11-29-12-4-18)5-8-24(9-6-22)21(28)17-1-2-20-23-7-10-25(20)14-17/h1-2,7,10,14,18-19,27H,3-6,8-9,11-13,15-16H2. The number of pyridine rings is 1. The number of carbonyl (C=O) groups excluding carboxylic acids is 1. The lowest BCUT2D eigenvalue weighted by molar-refractivity contribution is -0.0695. The SMILES string of the molecule is O=C(c1ccc2nccn2c1)N1CCC2(CC1)CC(O)CN(C1CCOCC1)C2. The monoisotopic (exact) mass is 398 g/mol. The molecular weight excluding hydrogens is 368 g/mol. The molecule has 5 heterocycles. The molecule has 7 heteroatoms. The van der Waals surface area contributed by atoms with Crippen molar-refractivity contribution in [2.24, 2.45) is 5.41 Å². The van der Waals surface area contributed by atoms with E-state index in [0.717, 1.165) is 77.1 Å². The summed E-state index contributed by atoms with van der Waals surface area (Å²) in [7, 11) is 0. The molecule has 0 aliphatic carbocycles. The highest BCUT2D eigenvalue weighted by Crippen LogP contribution is 2.41. The van der Waals surface area contributed by atoms with Crippen LogP contribution >= 0.6 is 0 Å². The number of aliphatic hydroxyl groups excluding tert-OH is 1. The summed E-state index contributed by atoms with van der Waals surface area (Å²) in [4.78, 5) is 21.8. The second-order valence-electron chi connectivity index (χ2n) is 9.03. The molecule has 0 aromatic carbocycles. The smallest absolute Gasteiger partial charge is 0.255 e. The van der Waals surface area contributed by atoms with E-state index in [4.69, 9.17) is 4.74 Å². The quantitative estimate of drug-likeness (QED) is 0.835. The Bertz CT molecular complexity index is 868. The fourth-order valence-electron chi connectivity index (χ4n) is 5.50. The van der Waals surface area contributed by atoms with Gasteiger partial charge in [0.05, 0.1) is 11.7 Å². The van der Waals surface area contributed by atoms with E-state index in [1.165, 1.54) is 0 Å². The van der Waals surface area contributed by atoms with Gasteiger partial charge in [-0.15, -0.1) is 0 Å². The molecule has 2 aromatic heterocycles. The van der Waals surface area contributed by atoms with Crippen LogP contribution in [0.1, 0.15) is 42.5 Å². The molecule has 3 fully saturated rings. The van der Waals surface area contributed by atoms with Gasteiger partial charge < -0.3 is 19.1 Å². The minimum absolute atomic E-state index is 0.0908. The molecule has 7 nitrogen and oxygen atoms in total. The van der Waals surface area contributed by atoms with E-state index < -0.39 is 0 Å². The van der Waals surface area contributed by atoms with Crippen LogP contribution in [0.5, 0.6) is 0 Å². The first kappa shape index (κ1) is 19.0. The Kier molecular flexibility index (Phi) is 5.05. The summed E-state index contributed by atoms with van der Waals surface area (Å²) in [6.07, 6.45) is 10.1. The first-order chi connectivity index (χ1) is 14.1. The van der Waals surface area contributed by atoms with E-state index in [0.29, 0.717) is 11.6 Å². The maximum atomic E-state index is 13.0. The summed E-state index contributed by atoms with van der Waals surface area (Å²) < 4.78 is 7.41. The Labute approximate surface area is 171 Å². The molecule has 5 rings (SSSR count). The summed E-state index contributed by atoms with van der Waals surface area (Å²) in [6.45, 7) is 4.99. The van der Waals surface area contributed by atoms with Gasteiger partial charge in [0, 0.05) is 64.0 Å². The Hall–Kier alpha value is -1.96. The Morgan fingerprint density at radius 3 is 2.79 bits per heavy atom. The fraction of sp³-hybridized carbons (Fsp3) is 0.636. The molecule has 29 heavy (non-hydrogen) atoms. The number of imidazole rings is 1. The number of aliphatic hydroxyl groups is 1. The zero-order valence-corrected chi connectivity index (χ0v) is 16.9. The highest BCUT2D eigenvalue weighted by molar-refractivity contribution is 5.94. The van der Waals surface area contributed by atoms with Crippen molar-refractivity contribution in [3.63, 3.8) is 0 Å². The van der Waals surface area contributed by atoms with Crippen molar-refractivity contribution in [1.82, 2.24) is 19.2 Å². The number of piperidine rings is 2. The summed E-state index contributed by atoms with van der Waals surface area (Å²) >= 11 is 0. The summed E-state index contributed by atoms with van der Waals surface area (Å²) in [5.74, 6) is 0.0908. The number of β-amino-alcohol motifs (C(OH)–C–C–N with tert-alkyl or cyclic N) is 1. The number of hydrogen-bond donors (Lipinski definition) is 1. The molecular formula is C22H30N4O3. The lowest BCUT2D eigenvalue weighted by Gasteiger charge is -2.51. The van der Waals surface area contributed by atoms with E-state index in [9.17, 15) is 9.90 Å². The molecule has 1 unspecified atom stereocenters. The van der Waals surface area contributed by atoms with Crippen LogP contribution in [0.25, 0.3) is 5.65 Å². The van der Waals surface area contributed by atoms with Gasteiger partial charge in [-0.05, 0) is 49.7 Å². The van der Waals surface area contributed by atoms with Gasteiger partial charge in [0.2, 0.25) is 0 Å². The number of amides is 1. The van der Waals surface area contributed by atoms with Gasteiger partial charge in [-0.25, -0.2) is 4.98 Å². The predicted molar refractivity (Wildman–Crippen MR) is 109 cm³/mol. The van der Waals surface area contributed by atoms with Crippen molar-refractivity contribution >= 4 is 11.6 Å². The molecule has 1 amide bonds. The van der Waals surface area contributed by atoms with E-state index in [1.54, 1.807) is 6.20 Å². The van der Waals surface area contributed by atoms with E-state index in [-0.39, 0.29) is 17.4 Å². The number of hydrogen-bond acceptors (Lipinski definition) is 5. The maximum Gasteiger partial charge on any atom is 0.255 e. The predicted octanol–water partition coefficient (Wildman–Crippen LogP) is 1.80. The molecule has 156 valence electrons. The van der Waals surface area contributed by atoms with Crippen molar-refractivity contribution in [3.8, 4) is 0 Å². The maximum absolute atomic E-state index is 13.0. The molecule has 1 atom stereocenters. The van der Waals surface area contributed by atoms with E-state index in [1.807, 2.05) is 33.8 Å². The van der Waals surface area contributed by atoms with Gasteiger partial charge in [-0.2, -0.15) is 0 Å². The van der Waals surface area contributed by atoms with Crippen LogP contribution in [0, 0.1) is 5.41 Å². The molecule has 0 saturated carbocycles. The third kappa shape index (κ3) is 3.79. The first-order valence-corrected chi connectivity index (χ1v) is 10.8. The van der Waals surface area contributed by atoms with Crippen molar-refractivity contribution in [3.05, 3.63) is 36.3 Å². The Balaban J connectivity index is 1.25. The van der Waals surface area contributed by atoms with E-state index >= 15 is 0 Å². The molecule has 0 radical (unpaired) electrons. The summed E-state index contributed by atoms with van der Waals surface area (Å²) in [5, 5.41) is 10.6. The zero-order chi connectivity index (χ0) is 19.8. The average molecular weight is 399 g/mol. The van der Waals surface area contributed by atoms with Crippen molar-refractivity contribution in [1.29, 1.82) is 0 Å². The van der Waals surface area contributed by atoms with Crippen LogP contribution in [0.15, 0.2) is 30.7 Å². The van der Waals surface area contributed by atoms with Gasteiger partial charge in [-0.1, -0.05) is 0 Å². The Morgan fingerprint density at radius 1 is 1.21 bits per heavy atom. The third-order valence-electron chi connectivity index (χ3n) is 7.11. The van der Waals surface area contributed by atoms with Crippen LogP contribution in [0.4, 0.5) is 0 Å². The van der Waals surface area contributed by atoms with Gasteiger partial charge in [-0.3, -0.25) is 9.69 Å². The lowest BCUT2D eigenvalue weighted by Crippen LogP contribution is -2.57. The molecule has 0 bridgehead atoms. The van der Waals surface area contributed by atoms with Gasteiger partial charge in [0.1, 0.15) is 5.65 Å². The average Bonchev–Trinajstić information content (AvgIpc) is 3.22. The number of rotatable bonds is 2. The van der Waals surface area contributed by atoms with Crippen molar-refractivity contribution < 1.29 is 14.6 Å². The van der Waals surface area contributed by atoms with Gasteiger partial charge in [0.25, 0.3) is 5.91 Å². The summed E-state index contributed by atoms with van der Waals surface area (Å²) in [5.41, 5.74) is 1.68. The van der Waals surface area contributed by atoms with Crippen LogP contribution in [0.3, 0.4) is 0 Å². The first-order valence-electron chi connectivity index (χ1n) is 10.8. The minimum Gasteiger partial charge on any atom is -0.392 e. The van der Waals surface area contributed by atoms with Gasteiger partial charge in [0.15, 0.2) is 0 Å². The molecule has 3 saturated heterocycles. The number of likely N-dealkylation sites (tertiary alicyclic amines) is 2. The normalized spacial score (nSPS) is 26.2. The van der Waals surface area contributed by atoms with Crippen LogP contribution in [0.2, 0.25) is 0 Å². The van der Waals surface area contributed by atoms with Crippen LogP contribution < -0.4 is 0 Å². The number of carbonyl (C=O) groups is 1. The second-order valence-corrected chi connectivity index (χ2v) is 9.03. The number of nitrogens with zero attached hydrogens (tertiary/aromatic N) is 4. The molecule has 2 aromatic rings. The molecule has 3 aliphatic heterocycles. The topological polar surface area (TPSA) is 70.3 Å². The molecule has 3 aliphatic rings. The molecule has 1 N–H and O–H groups in total. The number of aromatic nitrogens is 2. The minimum atomic E-state index is -0.266. The largest absolute Gasteiger partial charge is 0.392 e. The zero-order valence-electron chi connectivity index (χ0n) is 16.9. The van der Waals surface area contributed by atoms with Gasteiger partial charge >= 0.3 is 0 Å². The number of ether oxygens (including phenoxy) is 1. The van der Waals surface area contributed by atoms with Crippen LogP contribution in [-0.2, 0) is 4.74 Å². The van der Waals surface area contributed by atoms with Crippen molar-refractivity contribution in [2.45, 2.75) is 44.2 Å². The van der Waals surface area contributed by atoms with Crippen LogP contribution in [-0.4, -0.2) is 81.7 Å².